The minimum absolute atomic E-state index is 0.0286. The summed E-state index contributed by atoms with van der Waals surface area (Å²) in [6, 6.07) is -0.900. The second-order valence-corrected chi connectivity index (χ2v) is 22.5. The first-order valence-corrected chi connectivity index (χ1v) is 31.2. The van der Waals surface area contributed by atoms with Crippen LogP contribution in [0.5, 0.6) is 0 Å². The number of nitrogens with one attached hydrogen (secondary N) is 1. The number of rotatable bonds is 53. The molecule has 0 aromatic heterocycles. The standard InChI is InChI=1S/C62H113N2O7P/c1-7-10-13-16-19-22-25-28-30-31-32-33-34-37-40-43-46-49-52-55-62(66)71-60(53-50-47-44-41-38-35-27-24-21-18-15-12-9-3)59(58-70-72(67,68)69-57-56-64(4,5)6)63-61(65)54-51-48-45-42-39-36-29-26-23-20-17-14-11-8-2/h11,14,19-20,22-23,28,30,32-33,50,53,59-60H,7-10,12-13,15-18,21,24-27,29,31,34-49,51-52,54-58H2,1-6H3,(H-,63,65,67,68)/b14-11+,22-19-,23-20+,30-28-,33-32-,53-50+. The number of quaternary nitrogens is 1. The Bertz CT molecular complexity index is 1460. The van der Waals surface area contributed by atoms with E-state index in [4.69, 9.17) is 13.8 Å². The van der Waals surface area contributed by atoms with Gasteiger partial charge in [-0.05, 0) is 96.0 Å². The highest BCUT2D eigenvalue weighted by molar-refractivity contribution is 7.45. The average Bonchev–Trinajstić information content (AvgIpc) is 3.34. The van der Waals surface area contributed by atoms with Gasteiger partial charge in [0.05, 0.1) is 33.8 Å². The summed E-state index contributed by atoms with van der Waals surface area (Å²) >= 11 is 0. The maximum atomic E-state index is 13.5. The topological polar surface area (TPSA) is 114 Å². The summed E-state index contributed by atoms with van der Waals surface area (Å²) in [6.45, 7) is 6.70. The molecule has 0 heterocycles. The Balaban J connectivity index is 5.35. The molecule has 1 N–H and O–H groups in total. The monoisotopic (exact) mass is 1030 g/mol. The van der Waals surface area contributed by atoms with E-state index in [1.165, 1.54) is 116 Å². The molecule has 0 radical (unpaired) electrons. The maximum Gasteiger partial charge on any atom is 0.306 e. The third-order valence-electron chi connectivity index (χ3n) is 12.9. The van der Waals surface area contributed by atoms with Crippen LogP contribution in [-0.2, 0) is 27.9 Å². The second kappa shape index (κ2) is 51.9. The summed E-state index contributed by atoms with van der Waals surface area (Å²) in [6.07, 6.45) is 65.7. The van der Waals surface area contributed by atoms with Gasteiger partial charge in [0, 0.05) is 12.8 Å². The fourth-order valence-corrected chi connectivity index (χ4v) is 8.99. The van der Waals surface area contributed by atoms with Crippen molar-refractivity contribution in [3.63, 3.8) is 0 Å². The number of carbonyl (C=O) groups is 2. The van der Waals surface area contributed by atoms with Gasteiger partial charge >= 0.3 is 5.97 Å². The lowest BCUT2D eigenvalue weighted by atomic mass is 10.0. The SMILES string of the molecule is CC/C=C/C/C=C/CCCCCCCCCC(=O)NC(COP(=O)([O-])OCC[N+](C)(C)C)C(/C=C/CCCCCCCCCCCCC)OC(=O)CCCCCCCC/C=C\C/C=C\C/C=C\CCCCC. The molecular weight excluding hydrogens is 916 g/mol. The smallest absolute Gasteiger partial charge is 0.306 e. The summed E-state index contributed by atoms with van der Waals surface area (Å²) in [5, 5.41) is 3.02. The molecule has 3 unspecified atom stereocenters. The zero-order valence-corrected chi connectivity index (χ0v) is 48.5. The molecule has 0 spiro atoms. The molecule has 0 aromatic carbocycles. The molecular formula is C62H113N2O7P. The number of likely N-dealkylation sites (N-methyl/N-ethyl adjacent to an activating group) is 1. The Morgan fingerprint density at radius 2 is 0.889 bits per heavy atom. The molecule has 0 aliphatic rings. The van der Waals surface area contributed by atoms with Gasteiger partial charge in [0.25, 0.3) is 7.82 Å². The molecule has 0 aromatic rings. The van der Waals surface area contributed by atoms with Gasteiger partial charge < -0.3 is 28.5 Å². The van der Waals surface area contributed by atoms with E-state index in [9.17, 15) is 19.0 Å². The highest BCUT2D eigenvalue weighted by Crippen LogP contribution is 2.38. The minimum atomic E-state index is -4.70. The number of amides is 1. The summed E-state index contributed by atoms with van der Waals surface area (Å²) in [7, 11) is 1.17. The van der Waals surface area contributed by atoms with Crippen LogP contribution in [0.1, 0.15) is 258 Å². The highest BCUT2D eigenvalue weighted by atomic mass is 31.2. The van der Waals surface area contributed by atoms with Crippen LogP contribution >= 0.6 is 7.82 Å². The Morgan fingerprint density at radius 1 is 0.500 bits per heavy atom. The van der Waals surface area contributed by atoms with E-state index < -0.39 is 26.6 Å². The fourth-order valence-electron chi connectivity index (χ4n) is 8.27. The molecule has 0 aliphatic heterocycles. The third kappa shape index (κ3) is 52.3. The number of carbonyl (C=O) groups excluding carboxylic acids is 2. The number of hydrogen-bond donors (Lipinski definition) is 1. The van der Waals surface area contributed by atoms with E-state index in [0.29, 0.717) is 23.9 Å². The zero-order valence-electron chi connectivity index (χ0n) is 47.6. The van der Waals surface area contributed by atoms with Crippen molar-refractivity contribution in [2.75, 3.05) is 40.9 Å². The first-order valence-electron chi connectivity index (χ1n) is 29.7. The molecule has 0 fully saturated rings. The van der Waals surface area contributed by atoms with Gasteiger partial charge in [-0.15, -0.1) is 0 Å². The number of hydrogen-bond acceptors (Lipinski definition) is 7. The molecule has 0 aliphatic carbocycles. The molecule has 9 nitrogen and oxygen atoms in total. The average molecular weight is 1030 g/mol. The molecule has 10 heteroatoms. The van der Waals surface area contributed by atoms with Crippen molar-refractivity contribution in [2.45, 2.75) is 270 Å². The number of unbranched alkanes of at least 4 members (excludes halogenated alkanes) is 27. The van der Waals surface area contributed by atoms with Crippen LogP contribution in [-0.4, -0.2) is 69.4 Å². The van der Waals surface area contributed by atoms with E-state index in [1.54, 1.807) is 0 Å². The van der Waals surface area contributed by atoms with Crippen molar-refractivity contribution in [1.29, 1.82) is 0 Å². The quantitative estimate of drug-likeness (QED) is 0.0212. The van der Waals surface area contributed by atoms with Crippen LogP contribution in [0.25, 0.3) is 0 Å². The molecule has 0 saturated carbocycles. The van der Waals surface area contributed by atoms with E-state index in [-0.39, 0.29) is 24.9 Å². The van der Waals surface area contributed by atoms with Gasteiger partial charge in [0.2, 0.25) is 5.91 Å². The van der Waals surface area contributed by atoms with Gasteiger partial charge in [-0.25, -0.2) is 0 Å². The Morgan fingerprint density at radius 3 is 1.36 bits per heavy atom. The van der Waals surface area contributed by atoms with Gasteiger partial charge in [-0.3, -0.25) is 14.2 Å². The van der Waals surface area contributed by atoms with Crippen molar-refractivity contribution in [1.82, 2.24) is 5.32 Å². The Labute approximate surface area is 444 Å². The molecule has 72 heavy (non-hydrogen) atoms. The van der Waals surface area contributed by atoms with E-state index in [0.717, 1.165) is 103 Å². The zero-order chi connectivity index (χ0) is 52.9. The predicted molar refractivity (Wildman–Crippen MR) is 307 cm³/mol. The number of ether oxygens (including phenoxy) is 1. The lowest BCUT2D eigenvalue weighted by Gasteiger charge is -2.30. The van der Waals surface area contributed by atoms with Crippen LogP contribution in [0, 0.1) is 0 Å². The largest absolute Gasteiger partial charge is 0.756 e. The van der Waals surface area contributed by atoms with Crippen molar-refractivity contribution >= 4 is 19.7 Å². The fraction of sp³-hybridized carbons (Fsp3) is 0.774. The van der Waals surface area contributed by atoms with E-state index >= 15 is 0 Å². The lowest BCUT2D eigenvalue weighted by Crippen LogP contribution is -2.47. The van der Waals surface area contributed by atoms with Crippen molar-refractivity contribution in [3.8, 4) is 0 Å². The Hall–Kier alpha value is -2.55. The van der Waals surface area contributed by atoms with Crippen molar-refractivity contribution in [2.24, 2.45) is 0 Å². The number of nitrogens with zero attached hydrogens (tertiary/aromatic N) is 1. The molecule has 0 bridgehead atoms. The Kier molecular flexibility index (Phi) is 50.1. The summed E-state index contributed by atoms with van der Waals surface area (Å²) in [5.41, 5.74) is 0. The molecule has 1 amide bonds. The summed E-state index contributed by atoms with van der Waals surface area (Å²) < 4.78 is 30.3. The molecule has 0 saturated heterocycles. The first kappa shape index (κ1) is 69.5. The highest BCUT2D eigenvalue weighted by Gasteiger charge is 2.27. The van der Waals surface area contributed by atoms with Crippen LogP contribution in [0.4, 0.5) is 0 Å². The molecule has 418 valence electrons. The van der Waals surface area contributed by atoms with E-state index in [2.05, 4.69) is 86.8 Å². The van der Waals surface area contributed by atoms with Crippen LogP contribution in [0.15, 0.2) is 72.9 Å². The predicted octanol–water partition coefficient (Wildman–Crippen LogP) is 17.4. The maximum absolute atomic E-state index is 13.5. The van der Waals surface area contributed by atoms with Gasteiger partial charge in [0.15, 0.2) is 0 Å². The normalized spacial score (nSPS) is 14.3. The number of phosphoric ester groups is 1. The number of esters is 1. The van der Waals surface area contributed by atoms with Crippen LogP contribution < -0.4 is 10.2 Å². The van der Waals surface area contributed by atoms with Gasteiger partial charge in [-0.1, -0.05) is 222 Å². The van der Waals surface area contributed by atoms with E-state index in [1.807, 2.05) is 33.3 Å². The number of phosphoric acid groups is 1. The minimum Gasteiger partial charge on any atom is -0.756 e. The van der Waals surface area contributed by atoms with Crippen LogP contribution in [0.2, 0.25) is 0 Å². The van der Waals surface area contributed by atoms with Crippen molar-refractivity contribution in [3.05, 3.63) is 72.9 Å². The number of allylic oxidation sites excluding steroid dienone is 11. The van der Waals surface area contributed by atoms with Gasteiger partial charge in [0.1, 0.15) is 19.3 Å². The lowest BCUT2D eigenvalue weighted by molar-refractivity contribution is -0.870. The molecule has 0 rings (SSSR count). The van der Waals surface area contributed by atoms with Gasteiger partial charge in [-0.2, -0.15) is 0 Å². The molecule has 3 atom stereocenters. The van der Waals surface area contributed by atoms with Crippen LogP contribution in [0.3, 0.4) is 0 Å². The summed E-state index contributed by atoms with van der Waals surface area (Å²) in [4.78, 5) is 39.9. The third-order valence-corrected chi connectivity index (χ3v) is 13.8. The second-order valence-electron chi connectivity index (χ2n) is 21.1. The van der Waals surface area contributed by atoms with Crippen molar-refractivity contribution < 1.29 is 37.3 Å². The first-order chi connectivity index (χ1) is 34.9. The summed E-state index contributed by atoms with van der Waals surface area (Å²) in [5.74, 6) is -0.565.